The van der Waals surface area contributed by atoms with Crippen LogP contribution in [0.2, 0.25) is 0 Å². The highest BCUT2D eigenvalue weighted by Gasteiger charge is 2.31. The van der Waals surface area contributed by atoms with E-state index in [1.54, 1.807) is 0 Å². The quantitative estimate of drug-likeness (QED) is 0.0892. The largest absolute Gasteiger partial charge is 0.494 e. The van der Waals surface area contributed by atoms with Gasteiger partial charge in [0.1, 0.15) is 17.4 Å². The molecule has 0 aliphatic carbocycles. The van der Waals surface area contributed by atoms with E-state index in [0.29, 0.717) is 52.4 Å². The normalized spacial score (nSPS) is 15.2. The van der Waals surface area contributed by atoms with Crippen LogP contribution >= 0.6 is 0 Å². The van der Waals surface area contributed by atoms with E-state index in [0.717, 1.165) is 53.8 Å². The minimum Gasteiger partial charge on any atom is -0.494 e. The molecule has 3 rings (SSSR count). The Morgan fingerprint density at radius 2 is 1.73 bits per heavy atom. The van der Waals surface area contributed by atoms with E-state index in [2.05, 4.69) is 16.0 Å². The minimum absolute atomic E-state index is 0.200. The molecule has 0 bridgehead atoms. The van der Waals surface area contributed by atoms with E-state index in [1.807, 2.05) is 77.1 Å². The molecular formula is C37H54N4O8. The maximum Gasteiger partial charge on any atom is 0.408 e. The lowest BCUT2D eigenvalue weighted by Crippen LogP contribution is -2.51. The molecule has 0 spiro atoms. The summed E-state index contributed by atoms with van der Waals surface area (Å²) >= 11 is 0. The molecule has 1 fully saturated rings. The second kappa shape index (κ2) is 20.4. The highest BCUT2D eigenvalue weighted by atomic mass is 16.6. The molecule has 3 N–H and O–H groups in total. The minimum atomic E-state index is -0.647. The van der Waals surface area contributed by atoms with Gasteiger partial charge in [0.15, 0.2) is 0 Å². The van der Waals surface area contributed by atoms with E-state index < -0.39 is 23.6 Å². The zero-order valence-corrected chi connectivity index (χ0v) is 29.7. The number of rotatable bonds is 21. The van der Waals surface area contributed by atoms with E-state index in [1.165, 1.54) is 4.90 Å². The summed E-state index contributed by atoms with van der Waals surface area (Å²) in [6, 6.07) is 12.8. The van der Waals surface area contributed by atoms with Gasteiger partial charge in [0.25, 0.3) is 0 Å². The predicted molar refractivity (Wildman–Crippen MR) is 187 cm³/mol. The van der Waals surface area contributed by atoms with Crippen LogP contribution in [-0.4, -0.2) is 80.4 Å². The van der Waals surface area contributed by atoms with Crippen molar-refractivity contribution in [2.24, 2.45) is 0 Å². The number of hydrogen-bond donors (Lipinski definition) is 3. The van der Waals surface area contributed by atoms with Crippen molar-refractivity contribution >= 4 is 30.0 Å². The number of hydrogen-bond acceptors (Lipinski definition) is 9. The second-order valence-electron chi connectivity index (χ2n) is 13.2. The molecule has 12 nitrogen and oxygen atoms in total. The van der Waals surface area contributed by atoms with Crippen molar-refractivity contribution in [1.82, 2.24) is 15.5 Å². The van der Waals surface area contributed by atoms with Crippen LogP contribution < -0.4 is 20.7 Å². The third-order valence-corrected chi connectivity index (χ3v) is 7.89. The lowest BCUT2D eigenvalue weighted by molar-refractivity contribution is -0.141. The number of carbonyl (C=O) groups excluding carboxylic acids is 4. The molecule has 2 aromatic carbocycles. The van der Waals surface area contributed by atoms with Crippen molar-refractivity contribution in [2.75, 3.05) is 44.9 Å². The SMILES string of the molecule is Cc1ccc(NCCOCCCOCCCCCOc2cccc([C@@H](C)NC(=O)OC(C)(C)C)c2)cc1CN(C=O)C1CCC(=O)NC1=O. The molecule has 1 unspecified atom stereocenters. The molecule has 2 aromatic rings. The van der Waals surface area contributed by atoms with Gasteiger partial charge in [-0.2, -0.15) is 0 Å². The first-order valence-corrected chi connectivity index (χ1v) is 17.2. The number of imide groups is 1. The summed E-state index contributed by atoms with van der Waals surface area (Å²) in [4.78, 5) is 49.0. The van der Waals surface area contributed by atoms with Gasteiger partial charge in [-0.1, -0.05) is 18.2 Å². The van der Waals surface area contributed by atoms with Gasteiger partial charge in [0.2, 0.25) is 18.2 Å². The summed E-state index contributed by atoms with van der Waals surface area (Å²) in [6.07, 6.45) is 4.48. The smallest absolute Gasteiger partial charge is 0.408 e. The van der Waals surface area contributed by atoms with Gasteiger partial charge in [-0.3, -0.25) is 19.7 Å². The van der Waals surface area contributed by atoms with Crippen molar-refractivity contribution in [3.63, 3.8) is 0 Å². The Kier molecular flexibility index (Phi) is 16.3. The highest BCUT2D eigenvalue weighted by molar-refractivity contribution is 6.00. The molecule has 2 atom stereocenters. The highest BCUT2D eigenvalue weighted by Crippen LogP contribution is 2.22. The number of nitrogens with zero attached hydrogens (tertiary/aromatic N) is 1. The Labute approximate surface area is 290 Å². The Balaban J connectivity index is 1.20. The van der Waals surface area contributed by atoms with Gasteiger partial charge in [-0.15, -0.1) is 0 Å². The molecule has 4 amide bonds. The van der Waals surface area contributed by atoms with E-state index in [9.17, 15) is 19.2 Å². The number of alkyl carbamates (subject to hydrolysis) is 1. The molecule has 0 radical (unpaired) electrons. The fourth-order valence-electron chi connectivity index (χ4n) is 5.22. The standard InChI is InChI=1S/C37H54N4O8/c1-27-13-14-31(23-30(27)25-41(26-42)33-15-16-34(43)40-35(33)44)38-17-22-47-20-10-19-46-18-7-6-8-21-48-32-12-9-11-29(24-32)28(2)39-36(45)49-37(3,4)5/h9,11-14,23-24,26,28,33,38H,6-8,10,15-22,25H2,1-5H3,(H,39,45)(H,40,43,44)/t28-,33?/m1/s1. The Hall–Kier alpha value is -4.16. The first-order chi connectivity index (χ1) is 23.4. The first-order valence-electron chi connectivity index (χ1n) is 17.2. The first kappa shape index (κ1) is 39.3. The Morgan fingerprint density at radius 3 is 2.47 bits per heavy atom. The number of unbranched alkanes of at least 4 members (excludes halogenated alkanes) is 2. The molecule has 1 saturated heterocycles. The van der Waals surface area contributed by atoms with E-state index in [-0.39, 0.29) is 24.9 Å². The van der Waals surface area contributed by atoms with Gasteiger partial charge in [-0.25, -0.2) is 4.79 Å². The molecule has 0 aromatic heterocycles. The van der Waals surface area contributed by atoms with Gasteiger partial charge in [-0.05, 0) is 108 Å². The van der Waals surface area contributed by atoms with Crippen molar-refractivity contribution in [1.29, 1.82) is 0 Å². The molecular weight excluding hydrogens is 628 g/mol. The predicted octanol–water partition coefficient (Wildman–Crippen LogP) is 5.43. The fraction of sp³-hybridized carbons (Fsp3) is 0.568. The average molecular weight is 683 g/mol. The Bertz CT molecular complexity index is 1360. The number of amides is 4. The van der Waals surface area contributed by atoms with Crippen LogP contribution in [0.1, 0.15) is 89.0 Å². The molecule has 0 saturated carbocycles. The van der Waals surface area contributed by atoms with Crippen LogP contribution in [0.15, 0.2) is 42.5 Å². The van der Waals surface area contributed by atoms with E-state index >= 15 is 0 Å². The number of benzene rings is 2. The lowest BCUT2D eigenvalue weighted by atomic mass is 10.0. The number of ether oxygens (including phenoxy) is 4. The summed E-state index contributed by atoms with van der Waals surface area (Å²) in [7, 11) is 0. The number of piperidine rings is 1. The summed E-state index contributed by atoms with van der Waals surface area (Å²) in [5.41, 5.74) is 3.25. The van der Waals surface area contributed by atoms with Gasteiger partial charge >= 0.3 is 6.09 Å². The number of carbonyl (C=O) groups is 4. The van der Waals surface area contributed by atoms with Gasteiger partial charge in [0.05, 0.1) is 19.3 Å². The summed E-state index contributed by atoms with van der Waals surface area (Å²) in [5.74, 6) is 0.0423. The van der Waals surface area contributed by atoms with Crippen LogP contribution in [0, 0.1) is 6.92 Å². The van der Waals surface area contributed by atoms with Crippen LogP contribution in [-0.2, 0) is 35.1 Å². The third-order valence-electron chi connectivity index (χ3n) is 7.89. The molecule has 1 aliphatic rings. The van der Waals surface area contributed by atoms with Crippen LogP contribution in [0.25, 0.3) is 0 Å². The molecule has 1 aliphatic heterocycles. The zero-order chi connectivity index (χ0) is 35.6. The van der Waals surface area contributed by atoms with Gasteiger partial charge in [0, 0.05) is 45.0 Å². The van der Waals surface area contributed by atoms with Crippen molar-refractivity contribution in [2.45, 2.75) is 97.4 Å². The van der Waals surface area contributed by atoms with Crippen molar-refractivity contribution < 1.29 is 38.1 Å². The average Bonchev–Trinajstić information content (AvgIpc) is 3.04. The zero-order valence-electron chi connectivity index (χ0n) is 29.7. The Morgan fingerprint density at radius 1 is 1.00 bits per heavy atom. The third kappa shape index (κ3) is 14.9. The summed E-state index contributed by atoms with van der Waals surface area (Å²) in [6.45, 7) is 13.4. The molecule has 49 heavy (non-hydrogen) atoms. The maximum absolute atomic E-state index is 12.2. The topological polar surface area (TPSA) is 145 Å². The molecule has 270 valence electrons. The van der Waals surface area contributed by atoms with Crippen molar-refractivity contribution in [3.05, 3.63) is 59.2 Å². The van der Waals surface area contributed by atoms with Crippen LogP contribution in [0.5, 0.6) is 5.75 Å². The lowest BCUT2D eigenvalue weighted by Gasteiger charge is -2.30. The van der Waals surface area contributed by atoms with Crippen molar-refractivity contribution in [3.8, 4) is 5.75 Å². The molecule has 12 heteroatoms. The summed E-state index contributed by atoms with van der Waals surface area (Å²) < 4.78 is 22.7. The summed E-state index contributed by atoms with van der Waals surface area (Å²) in [5, 5.41) is 8.52. The van der Waals surface area contributed by atoms with Crippen LogP contribution in [0.3, 0.4) is 0 Å². The monoisotopic (exact) mass is 682 g/mol. The molecule has 1 heterocycles. The second-order valence-corrected chi connectivity index (χ2v) is 13.2. The van der Waals surface area contributed by atoms with Gasteiger partial charge < -0.3 is 34.5 Å². The van der Waals surface area contributed by atoms with Crippen LogP contribution in [0.4, 0.5) is 10.5 Å². The number of anilines is 1. The fourth-order valence-corrected chi connectivity index (χ4v) is 5.22. The van der Waals surface area contributed by atoms with E-state index in [4.69, 9.17) is 18.9 Å². The number of aryl methyl sites for hydroxylation is 1. The number of nitrogens with one attached hydrogen (secondary N) is 3. The maximum atomic E-state index is 12.2.